The van der Waals surface area contributed by atoms with E-state index in [-0.39, 0.29) is 11.5 Å². The number of ether oxygens (including phenoxy) is 1. The SMILES string of the molecule is O=C(c1ccc(CN2COC3(CCN(Cc4ccc(C(F)(F)F)cc4)CC3)C2)cc1)N1CCC(O)(c2ccccc2)CC1. The maximum Gasteiger partial charge on any atom is 0.416 e. The average molecular weight is 594 g/mol. The van der Waals surface area contributed by atoms with Crippen LogP contribution in [-0.4, -0.2) is 70.8 Å². The lowest BCUT2D eigenvalue weighted by Crippen LogP contribution is -2.46. The van der Waals surface area contributed by atoms with E-state index in [1.807, 2.05) is 59.5 Å². The van der Waals surface area contributed by atoms with Crippen LogP contribution in [0.5, 0.6) is 0 Å². The maximum absolute atomic E-state index is 13.2. The molecule has 0 atom stereocenters. The van der Waals surface area contributed by atoms with Crippen LogP contribution in [0, 0.1) is 0 Å². The molecule has 3 aliphatic heterocycles. The number of amides is 1. The molecule has 6 rings (SSSR count). The molecule has 3 heterocycles. The molecular weight excluding hydrogens is 555 g/mol. The smallest absolute Gasteiger partial charge is 0.385 e. The van der Waals surface area contributed by atoms with E-state index in [2.05, 4.69) is 9.80 Å². The van der Waals surface area contributed by atoms with Crippen LogP contribution >= 0.6 is 0 Å². The summed E-state index contributed by atoms with van der Waals surface area (Å²) >= 11 is 0. The van der Waals surface area contributed by atoms with Gasteiger partial charge < -0.3 is 14.7 Å². The monoisotopic (exact) mass is 593 g/mol. The minimum atomic E-state index is -4.31. The van der Waals surface area contributed by atoms with Crippen molar-refractivity contribution in [2.45, 2.75) is 56.2 Å². The van der Waals surface area contributed by atoms with Gasteiger partial charge in [0.15, 0.2) is 0 Å². The highest BCUT2D eigenvalue weighted by Gasteiger charge is 2.42. The van der Waals surface area contributed by atoms with Gasteiger partial charge in [-0.1, -0.05) is 54.6 Å². The fourth-order valence-corrected chi connectivity index (χ4v) is 6.62. The van der Waals surface area contributed by atoms with Crippen molar-refractivity contribution in [2.75, 3.05) is 39.5 Å². The number of benzene rings is 3. The van der Waals surface area contributed by atoms with E-state index in [0.29, 0.717) is 44.8 Å². The fourth-order valence-electron chi connectivity index (χ4n) is 6.62. The van der Waals surface area contributed by atoms with Crippen molar-refractivity contribution in [3.05, 3.63) is 107 Å². The van der Waals surface area contributed by atoms with Gasteiger partial charge in [0.1, 0.15) is 6.73 Å². The van der Waals surface area contributed by atoms with Gasteiger partial charge in [0.05, 0.1) is 16.8 Å². The highest BCUT2D eigenvalue weighted by atomic mass is 19.4. The van der Waals surface area contributed by atoms with Gasteiger partial charge in [-0.3, -0.25) is 14.6 Å². The minimum Gasteiger partial charge on any atom is -0.385 e. The first-order valence-electron chi connectivity index (χ1n) is 15.0. The Balaban J connectivity index is 0.961. The summed E-state index contributed by atoms with van der Waals surface area (Å²) < 4.78 is 44.9. The molecule has 3 fully saturated rings. The number of hydrogen-bond donors (Lipinski definition) is 1. The number of carbonyl (C=O) groups is 1. The van der Waals surface area contributed by atoms with Gasteiger partial charge in [-0.2, -0.15) is 13.2 Å². The molecule has 0 saturated carbocycles. The number of halogens is 3. The molecule has 1 spiro atoms. The largest absolute Gasteiger partial charge is 0.416 e. The molecule has 3 aromatic carbocycles. The number of rotatable bonds is 6. The van der Waals surface area contributed by atoms with Gasteiger partial charge in [0.25, 0.3) is 5.91 Å². The molecule has 0 radical (unpaired) electrons. The number of hydrogen-bond acceptors (Lipinski definition) is 5. The summed E-state index contributed by atoms with van der Waals surface area (Å²) in [4.78, 5) is 19.6. The lowest BCUT2D eigenvalue weighted by Gasteiger charge is -2.38. The van der Waals surface area contributed by atoms with Crippen molar-refractivity contribution < 1.29 is 27.8 Å². The molecule has 6 nitrogen and oxygen atoms in total. The van der Waals surface area contributed by atoms with E-state index in [1.165, 1.54) is 0 Å². The Morgan fingerprint density at radius 1 is 0.767 bits per heavy atom. The predicted octanol–water partition coefficient (Wildman–Crippen LogP) is 5.65. The molecular formula is C34H38F3N3O3. The normalized spacial score (nSPS) is 20.9. The fraction of sp³-hybridized carbons (Fsp3) is 0.441. The summed E-state index contributed by atoms with van der Waals surface area (Å²) in [6.07, 6.45) is -1.51. The molecule has 0 unspecified atom stereocenters. The molecule has 0 bridgehead atoms. The minimum absolute atomic E-state index is 0.00632. The zero-order valence-electron chi connectivity index (χ0n) is 24.2. The third-order valence-corrected chi connectivity index (χ3v) is 9.32. The third-order valence-electron chi connectivity index (χ3n) is 9.32. The number of nitrogens with zero attached hydrogens (tertiary/aromatic N) is 3. The Morgan fingerprint density at radius 2 is 1.35 bits per heavy atom. The van der Waals surface area contributed by atoms with Gasteiger partial charge >= 0.3 is 6.18 Å². The van der Waals surface area contributed by atoms with Gasteiger partial charge in [0, 0.05) is 51.4 Å². The van der Waals surface area contributed by atoms with E-state index in [0.717, 1.165) is 67.8 Å². The summed E-state index contributed by atoms with van der Waals surface area (Å²) in [6.45, 7) is 5.46. The second kappa shape index (κ2) is 12.0. The van der Waals surface area contributed by atoms with Crippen LogP contribution < -0.4 is 0 Å². The summed E-state index contributed by atoms with van der Waals surface area (Å²) in [5.74, 6) is -0.00632. The van der Waals surface area contributed by atoms with Crippen LogP contribution in [0.25, 0.3) is 0 Å². The van der Waals surface area contributed by atoms with Crippen LogP contribution in [0.3, 0.4) is 0 Å². The first-order valence-corrected chi connectivity index (χ1v) is 15.0. The van der Waals surface area contributed by atoms with Crippen molar-refractivity contribution in [3.8, 4) is 0 Å². The Hall–Kier alpha value is -3.24. The highest BCUT2D eigenvalue weighted by Crippen LogP contribution is 2.35. The number of carbonyl (C=O) groups excluding carboxylic acids is 1. The second-order valence-corrected chi connectivity index (χ2v) is 12.3. The van der Waals surface area contributed by atoms with E-state index >= 15 is 0 Å². The van der Waals surface area contributed by atoms with E-state index in [9.17, 15) is 23.1 Å². The topological polar surface area (TPSA) is 56.2 Å². The van der Waals surface area contributed by atoms with E-state index in [4.69, 9.17) is 4.74 Å². The first-order chi connectivity index (χ1) is 20.6. The molecule has 0 aromatic heterocycles. The molecule has 3 aromatic rings. The van der Waals surface area contributed by atoms with Crippen LogP contribution in [-0.2, 0) is 29.6 Å². The lowest BCUT2D eigenvalue weighted by atomic mass is 9.84. The van der Waals surface area contributed by atoms with Crippen LogP contribution in [0.1, 0.15) is 58.3 Å². The molecule has 3 aliphatic rings. The first kappa shape index (κ1) is 29.8. The molecule has 3 saturated heterocycles. The summed E-state index contributed by atoms with van der Waals surface area (Å²) in [5, 5.41) is 11.1. The lowest BCUT2D eigenvalue weighted by molar-refractivity contribution is -0.137. The molecule has 9 heteroatoms. The Labute approximate surface area is 250 Å². The Morgan fingerprint density at radius 3 is 1.95 bits per heavy atom. The molecule has 1 N–H and O–H groups in total. The van der Waals surface area contributed by atoms with E-state index < -0.39 is 17.3 Å². The summed E-state index contributed by atoms with van der Waals surface area (Å²) in [7, 11) is 0. The number of alkyl halides is 3. The van der Waals surface area contributed by atoms with Crippen molar-refractivity contribution in [3.63, 3.8) is 0 Å². The molecule has 43 heavy (non-hydrogen) atoms. The summed E-state index contributed by atoms with van der Waals surface area (Å²) in [6, 6.07) is 22.9. The summed E-state index contributed by atoms with van der Waals surface area (Å²) in [5.41, 5.74) is 1.87. The maximum atomic E-state index is 13.2. The average Bonchev–Trinajstić information content (AvgIpc) is 3.40. The number of piperidine rings is 2. The van der Waals surface area contributed by atoms with Crippen LogP contribution in [0.2, 0.25) is 0 Å². The van der Waals surface area contributed by atoms with Crippen molar-refractivity contribution in [2.24, 2.45) is 0 Å². The Bertz CT molecular complexity index is 1380. The molecule has 1 amide bonds. The molecule has 228 valence electrons. The predicted molar refractivity (Wildman–Crippen MR) is 157 cm³/mol. The second-order valence-electron chi connectivity index (χ2n) is 12.3. The van der Waals surface area contributed by atoms with Crippen molar-refractivity contribution >= 4 is 5.91 Å². The number of likely N-dealkylation sites (tertiary alicyclic amines) is 2. The van der Waals surface area contributed by atoms with Crippen molar-refractivity contribution in [1.29, 1.82) is 0 Å². The van der Waals surface area contributed by atoms with Gasteiger partial charge in [0.2, 0.25) is 0 Å². The van der Waals surface area contributed by atoms with Crippen LogP contribution in [0.15, 0.2) is 78.9 Å². The number of aliphatic hydroxyl groups is 1. The third kappa shape index (κ3) is 6.80. The zero-order chi connectivity index (χ0) is 30.1. The van der Waals surface area contributed by atoms with Crippen LogP contribution in [0.4, 0.5) is 13.2 Å². The van der Waals surface area contributed by atoms with Gasteiger partial charge in [-0.25, -0.2) is 0 Å². The van der Waals surface area contributed by atoms with Gasteiger partial charge in [-0.05, 0) is 66.6 Å². The standard InChI is InChI=1S/C34H38F3N3O3/c35-34(36,37)30-12-8-27(9-13-30)22-38-18-14-32(15-19-38)24-39(25-43-32)23-26-6-10-28(11-7-26)31(41)40-20-16-33(42,17-21-40)29-4-2-1-3-5-29/h1-13,42H,14-25H2. The van der Waals surface area contributed by atoms with Crippen molar-refractivity contribution in [1.82, 2.24) is 14.7 Å². The van der Waals surface area contributed by atoms with Gasteiger partial charge in [-0.15, -0.1) is 0 Å². The highest BCUT2D eigenvalue weighted by molar-refractivity contribution is 5.94. The zero-order valence-corrected chi connectivity index (χ0v) is 24.2. The van der Waals surface area contributed by atoms with E-state index in [1.54, 1.807) is 12.1 Å². The molecule has 0 aliphatic carbocycles. The Kier molecular flexibility index (Phi) is 8.35. The quantitative estimate of drug-likeness (QED) is 0.400.